The summed E-state index contributed by atoms with van der Waals surface area (Å²) in [7, 11) is 1.56. The van der Waals surface area contributed by atoms with Gasteiger partial charge in [-0.2, -0.15) is 0 Å². The van der Waals surface area contributed by atoms with Crippen molar-refractivity contribution in [2.45, 2.75) is 31.9 Å². The molecule has 1 aliphatic carbocycles. The Morgan fingerprint density at radius 3 is 2.58 bits per heavy atom. The number of nitrogens with zero attached hydrogens (tertiary/aromatic N) is 1. The lowest BCUT2D eigenvalue weighted by molar-refractivity contribution is -0.125. The van der Waals surface area contributed by atoms with E-state index < -0.39 is 0 Å². The maximum absolute atomic E-state index is 12.4. The molecule has 1 aromatic heterocycles. The SMILES string of the molecule is COc1ccc(C(NC(=O)COc2ccc(C)cc2)C2CC(O)C2)cn1. The van der Waals surface area contributed by atoms with E-state index in [1.54, 1.807) is 19.4 Å². The predicted octanol–water partition coefficient (Wildman–Crippen LogP) is 2.41. The summed E-state index contributed by atoms with van der Waals surface area (Å²) in [5.74, 6) is 1.17. The molecule has 0 aliphatic heterocycles. The number of methoxy groups -OCH3 is 1. The number of hydrogen-bond acceptors (Lipinski definition) is 5. The van der Waals surface area contributed by atoms with Crippen molar-refractivity contribution in [3.63, 3.8) is 0 Å². The summed E-state index contributed by atoms with van der Waals surface area (Å²) >= 11 is 0. The average Bonchev–Trinajstić information content (AvgIpc) is 2.63. The van der Waals surface area contributed by atoms with Crippen LogP contribution in [0.3, 0.4) is 0 Å². The summed E-state index contributed by atoms with van der Waals surface area (Å²) in [5.41, 5.74) is 2.03. The highest BCUT2D eigenvalue weighted by Crippen LogP contribution is 2.38. The second kappa shape index (κ2) is 8.19. The first-order valence-corrected chi connectivity index (χ1v) is 8.72. The largest absolute Gasteiger partial charge is 0.484 e. The second-order valence-electron chi connectivity index (χ2n) is 6.67. The van der Waals surface area contributed by atoms with E-state index in [1.165, 1.54) is 0 Å². The summed E-state index contributed by atoms with van der Waals surface area (Å²) in [6.45, 7) is 1.94. The fraction of sp³-hybridized carbons (Fsp3) is 0.400. The zero-order chi connectivity index (χ0) is 18.5. The van der Waals surface area contributed by atoms with Crippen LogP contribution in [0.15, 0.2) is 42.6 Å². The molecule has 1 amide bonds. The van der Waals surface area contributed by atoms with Gasteiger partial charge in [-0.15, -0.1) is 0 Å². The molecular weight excluding hydrogens is 332 g/mol. The van der Waals surface area contributed by atoms with E-state index in [0.29, 0.717) is 24.5 Å². The van der Waals surface area contributed by atoms with Gasteiger partial charge in [0.1, 0.15) is 5.75 Å². The van der Waals surface area contributed by atoms with Gasteiger partial charge in [-0.25, -0.2) is 4.98 Å². The van der Waals surface area contributed by atoms with Gasteiger partial charge in [0.05, 0.1) is 19.3 Å². The summed E-state index contributed by atoms with van der Waals surface area (Å²) in [4.78, 5) is 16.6. The zero-order valence-electron chi connectivity index (χ0n) is 15.0. The fourth-order valence-electron chi connectivity index (χ4n) is 3.07. The van der Waals surface area contributed by atoms with Crippen molar-refractivity contribution in [3.8, 4) is 11.6 Å². The molecule has 0 radical (unpaired) electrons. The number of carbonyl (C=O) groups excluding carboxylic acids is 1. The highest BCUT2D eigenvalue weighted by molar-refractivity contribution is 5.78. The number of aryl methyl sites for hydroxylation is 1. The highest BCUT2D eigenvalue weighted by atomic mass is 16.5. The van der Waals surface area contributed by atoms with Gasteiger partial charge in [-0.1, -0.05) is 23.8 Å². The van der Waals surface area contributed by atoms with Crippen LogP contribution in [-0.2, 0) is 4.79 Å². The van der Waals surface area contributed by atoms with E-state index >= 15 is 0 Å². The van der Waals surface area contributed by atoms with Gasteiger partial charge >= 0.3 is 0 Å². The maximum Gasteiger partial charge on any atom is 0.258 e. The number of aliphatic hydroxyl groups is 1. The molecule has 2 aromatic rings. The van der Waals surface area contributed by atoms with Gasteiger partial charge in [0.15, 0.2) is 6.61 Å². The fourth-order valence-corrected chi connectivity index (χ4v) is 3.07. The molecule has 1 unspecified atom stereocenters. The predicted molar refractivity (Wildman–Crippen MR) is 97.1 cm³/mol. The Hall–Kier alpha value is -2.60. The van der Waals surface area contributed by atoms with Crippen molar-refractivity contribution in [2.24, 2.45) is 5.92 Å². The molecule has 138 valence electrons. The molecule has 0 spiro atoms. The Labute approximate surface area is 153 Å². The Morgan fingerprint density at radius 1 is 1.27 bits per heavy atom. The number of rotatable bonds is 7. The van der Waals surface area contributed by atoms with E-state index in [9.17, 15) is 9.90 Å². The molecule has 1 aliphatic rings. The number of benzene rings is 1. The van der Waals surface area contributed by atoms with Crippen LogP contribution in [0, 0.1) is 12.8 Å². The minimum atomic E-state index is -0.297. The third-order valence-corrected chi connectivity index (χ3v) is 4.66. The van der Waals surface area contributed by atoms with E-state index in [2.05, 4.69) is 10.3 Å². The van der Waals surface area contributed by atoms with Gasteiger partial charge in [0.25, 0.3) is 5.91 Å². The van der Waals surface area contributed by atoms with Crippen molar-refractivity contribution >= 4 is 5.91 Å². The number of aliphatic hydroxyl groups excluding tert-OH is 1. The summed E-state index contributed by atoms with van der Waals surface area (Å²) in [6.07, 6.45) is 2.73. The number of amides is 1. The van der Waals surface area contributed by atoms with Crippen LogP contribution in [0.2, 0.25) is 0 Å². The van der Waals surface area contributed by atoms with Crippen LogP contribution in [0.1, 0.15) is 30.0 Å². The molecule has 26 heavy (non-hydrogen) atoms. The van der Waals surface area contributed by atoms with Gasteiger partial charge in [0.2, 0.25) is 5.88 Å². The van der Waals surface area contributed by atoms with Crippen LogP contribution in [-0.4, -0.2) is 35.8 Å². The minimum absolute atomic E-state index is 0.0571. The molecule has 0 saturated heterocycles. The Bertz CT molecular complexity index is 724. The first kappa shape index (κ1) is 18.2. The quantitative estimate of drug-likeness (QED) is 0.796. The number of carbonyl (C=O) groups is 1. The molecule has 6 nitrogen and oxygen atoms in total. The molecule has 1 atom stereocenters. The number of nitrogens with one attached hydrogen (secondary N) is 1. The molecular formula is C20H24N2O4. The van der Waals surface area contributed by atoms with Crippen molar-refractivity contribution in [3.05, 3.63) is 53.7 Å². The van der Waals surface area contributed by atoms with Crippen molar-refractivity contribution < 1.29 is 19.4 Å². The number of pyridine rings is 1. The first-order valence-electron chi connectivity index (χ1n) is 8.72. The minimum Gasteiger partial charge on any atom is -0.484 e. The lowest BCUT2D eigenvalue weighted by Gasteiger charge is -2.38. The molecule has 1 aromatic carbocycles. The number of hydrogen-bond donors (Lipinski definition) is 2. The zero-order valence-corrected chi connectivity index (χ0v) is 15.0. The lowest BCUT2D eigenvalue weighted by atomic mass is 9.75. The monoisotopic (exact) mass is 356 g/mol. The van der Waals surface area contributed by atoms with Crippen LogP contribution < -0.4 is 14.8 Å². The van der Waals surface area contributed by atoms with E-state index in [1.807, 2.05) is 37.3 Å². The number of aromatic nitrogens is 1. The third-order valence-electron chi connectivity index (χ3n) is 4.66. The van der Waals surface area contributed by atoms with E-state index in [-0.39, 0.29) is 30.6 Å². The Morgan fingerprint density at radius 2 is 2.00 bits per heavy atom. The molecule has 0 bridgehead atoms. The normalized spacial score (nSPS) is 20.0. The summed E-state index contributed by atoms with van der Waals surface area (Å²) in [5, 5.41) is 12.7. The number of ether oxygens (including phenoxy) is 2. The van der Waals surface area contributed by atoms with Crippen LogP contribution in [0.4, 0.5) is 0 Å². The van der Waals surface area contributed by atoms with Gasteiger partial charge in [-0.3, -0.25) is 4.79 Å². The maximum atomic E-state index is 12.4. The first-order chi connectivity index (χ1) is 12.5. The van der Waals surface area contributed by atoms with Crippen LogP contribution in [0.5, 0.6) is 11.6 Å². The standard InChI is InChI=1S/C20H24N2O4/c1-13-3-6-17(7-4-13)26-12-18(24)22-20(15-9-16(23)10-15)14-5-8-19(25-2)21-11-14/h3-8,11,15-16,20,23H,9-10,12H2,1-2H3,(H,22,24). The second-order valence-corrected chi connectivity index (χ2v) is 6.67. The highest BCUT2D eigenvalue weighted by Gasteiger charge is 2.35. The third kappa shape index (κ3) is 4.52. The van der Waals surface area contributed by atoms with Crippen molar-refractivity contribution in [2.75, 3.05) is 13.7 Å². The Kier molecular flexibility index (Phi) is 5.73. The van der Waals surface area contributed by atoms with Crippen molar-refractivity contribution in [1.82, 2.24) is 10.3 Å². The van der Waals surface area contributed by atoms with E-state index in [4.69, 9.17) is 9.47 Å². The van der Waals surface area contributed by atoms with Gasteiger partial charge in [0, 0.05) is 12.3 Å². The van der Waals surface area contributed by atoms with Gasteiger partial charge < -0.3 is 19.9 Å². The van der Waals surface area contributed by atoms with E-state index in [0.717, 1.165) is 11.1 Å². The smallest absolute Gasteiger partial charge is 0.258 e. The lowest BCUT2D eigenvalue weighted by Crippen LogP contribution is -2.42. The molecule has 1 heterocycles. The summed E-state index contributed by atoms with van der Waals surface area (Å²) < 4.78 is 10.6. The molecule has 6 heteroatoms. The molecule has 3 rings (SSSR count). The van der Waals surface area contributed by atoms with Crippen LogP contribution in [0.25, 0.3) is 0 Å². The Balaban J connectivity index is 1.62. The molecule has 1 saturated carbocycles. The van der Waals surface area contributed by atoms with Crippen LogP contribution >= 0.6 is 0 Å². The summed E-state index contributed by atoms with van der Waals surface area (Å²) in [6, 6.07) is 11.0. The average molecular weight is 356 g/mol. The van der Waals surface area contributed by atoms with Crippen molar-refractivity contribution in [1.29, 1.82) is 0 Å². The molecule has 1 fully saturated rings. The molecule has 2 N–H and O–H groups in total. The topological polar surface area (TPSA) is 80.7 Å². The van der Waals surface area contributed by atoms with Gasteiger partial charge in [-0.05, 0) is 43.4 Å².